The van der Waals surface area contributed by atoms with Crippen LogP contribution in [0.2, 0.25) is 0 Å². The molecule has 0 radical (unpaired) electrons. The highest BCUT2D eigenvalue weighted by molar-refractivity contribution is 4.91. The van der Waals surface area contributed by atoms with Gasteiger partial charge in [-0.25, -0.2) is 0 Å². The summed E-state index contributed by atoms with van der Waals surface area (Å²) >= 11 is 0. The molecule has 0 bridgehead atoms. The van der Waals surface area contributed by atoms with E-state index < -0.39 is 0 Å². The SMILES string of the molecule is COCCC(C)(N)Cc1nnn(C)n1. The summed E-state index contributed by atoms with van der Waals surface area (Å²) in [6, 6.07) is 0. The van der Waals surface area contributed by atoms with Crippen molar-refractivity contribution >= 4 is 0 Å². The van der Waals surface area contributed by atoms with Crippen LogP contribution in [0, 0.1) is 0 Å². The first-order chi connectivity index (χ1) is 6.53. The number of nitrogens with zero attached hydrogens (tertiary/aromatic N) is 4. The average molecular weight is 199 g/mol. The molecule has 0 saturated carbocycles. The zero-order chi connectivity index (χ0) is 10.6. The molecule has 0 aliphatic rings. The summed E-state index contributed by atoms with van der Waals surface area (Å²) in [5.74, 6) is 0.675. The molecule has 6 heteroatoms. The van der Waals surface area contributed by atoms with Crippen molar-refractivity contribution in [3.8, 4) is 0 Å². The maximum absolute atomic E-state index is 6.05. The van der Waals surface area contributed by atoms with Crippen LogP contribution in [-0.4, -0.2) is 39.5 Å². The van der Waals surface area contributed by atoms with Gasteiger partial charge < -0.3 is 10.5 Å². The van der Waals surface area contributed by atoms with Gasteiger partial charge in [0.1, 0.15) is 0 Å². The molecular formula is C8H17N5O. The van der Waals surface area contributed by atoms with Gasteiger partial charge in [-0.1, -0.05) is 0 Å². The number of aromatic nitrogens is 4. The molecule has 1 aromatic rings. The van der Waals surface area contributed by atoms with E-state index in [2.05, 4.69) is 15.4 Å². The molecule has 1 atom stereocenters. The minimum Gasteiger partial charge on any atom is -0.385 e. The van der Waals surface area contributed by atoms with E-state index in [1.807, 2.05) is 6.92 Å². The molecule has 0 spiro atoms. The van der Waals surface area contributed by atoms with Crippen molar-refractivity contribution in [3.05, 3.63) is 5.82 Å². The van der Waals surface area contributed by atoms with Gasteiger partial charge in [-0.3, -0.25) is 0 Å². The number of ether oxygens (including phenoxy) is 1. The Labute approximate surface area is 83.4 Å². The Bertz CT molecular complexity index is 283. The van der Waals surface area contributed by atoms with Gasteiger partial charge in [0.05, 0.1) is 7.05 Å². The fourth-order valence-electron chi connectivity index (χ4n) is 1.18. The van der Waals surface area contributed by atoms with Gasteiger partial charge in [0, 0.05) is 25.7 Å². The van der Waals surface area contributed by atoms with Gasteiger partial charge >= 0.3 is 0 Å². The highest BCUT2D eigenvalue weighted by Gasteiger charge is 2.21. The highest BCUT2D eigenvalue weighted by Crippen LogP contribution is 2.10. The normalized spacial score (nSPS) is 15.4. The quantitative estimate of drug-likeness (QED) is 0.692. The second-order valence-electron chi connectivity index (χ2n) is 3.77. The minimum atomic E-state index is -0.334. The van der Waals surface area contributed by atoms with E-state index in [-0.39, 0.29) is 5.54 Å². The Morgan fingerprint density at radius 3 is 2.79 bits per heavy atom. The van der Waals surface area contributed by atoms with Crippen LogP contribution in [0.15, 0.2) is 0 Å². The van der Waals surface area contributed by atoms with Crippen LogP contribution in [0.1, 0.15) is 19.2 Å². The lowest BCUT2D eigenvalue weighted by molar-refractivity contribution is 0.171. The summed E-state index contributed by atoms with van der Waals surface area (Å²) in [6.45, 7) is 2.61. The molecule has 1 unspecified atom stereocenters. The lowest BCUT2D eigenvalue weighted by atomic mass is 9.95. The Morgan fingerprint density at radius 1 is 1.57 bits per heavy atom. The van der Waals surface area contributed by atoms with E-state index in [1.54, 1.807) is 14.2 Å². The van der Waals surface area contributed by atoms with Crippen LogP contribution in [-0.2, 0) is 18.2 Å². The number of hydrogen-bond acceptors (Lipinski definition) is 5. The molecule has 0 amide bonds. The molecular weight excluding hydrogens is 182 g/mol. The molecule has 14 heavy (non-hydrogen) atoms. The topological polar surface area (TPSA) is 78.9 Å². The van der Waals surface area contributed by atoms with E-state index in [0.29, 0.717) is 18.9 Å². The summed E-state index contributed by atoms with van der Waals surface area (Å²) in [5.41, 5.74) is 5.71. The summed E-state index contributed by atoms with van der Waals surface area (Å²) in [4.78, 5) is 1.43. The van der Waals surface area contributed by atoms with Crippen LogP contribution in [0.25, 0.3) is 0 Å². The Kier molecular flexibility index (Phi) is 3.54. The van der Waals surface area contributed by atoms with Crippen molar-refractivity contribution in [2.75, 3.05) is 13.7 Å². The first-order valence-electron chi connectivity index (χ1n) is 4.54. The maximum Gasteiger partial charge on any atom is 0.176 e. The van der Waals surface area contributed by atoms with Crippen molar-refractivity contribution in [2.24, 2.45) is 12.8 Å². The van der Waals surface area contributed by atoms with Crippen molar-refractivity contribution < 1.29 is 4.74 Å². The summed E-state index contributed by atoms with van der Waals surface area (Å²) < 4.78 is 4.98. The number of aryl methyl sites for hydroxylation is 1. The molecule has 2 N–H and O–H groups in total. The molecule has 80 valence electrons. The first-order valence-corrected chi connectivity index (χ1v) is 4.54. The van der Waals surface area contributed by atoms with E-state index in [0.717, 1.165) is 6.42 Å². The van der Waals surface area contributed by atoms with Gasteiger partial charge in [-0.05, 0) is 18.6 Å². The van der Waals surface area contributed by atoms with Gasteiger partial charge in [-0.2, -0.15) is 4.80 Å². The Hall–Kier alpha value is -1.01. The second-order valence-corrected chi connectivity index (χ2v) is 3.77. The molecule has 0 saturated heterocycles. The largest absolute Gasteiger partial charge is 0.385 e. The van der Waals surface area contributed by atoms with Crippen LogP contribution in [0.4, 0.5) is 0 Å². The number of nitrogens with two attached hydrogens (primary N) is 1. The van der Waals surface area contributed by atoms with Crippen LogP contribution in [0.5, 0.6) is 0 Å². The van der Waals surface area contributed by atoms with Gasteiger partial charge in [0.2, 0.25) is 0 Å². The van der Waals surface area contributed by atoms with Crippen molar-refractivity contribution in [1.29, 1.82) is 0 Å². The Morgan fingerprint density at radius 2 is 2.29 bits per heavy atom. The van der Waals surface area contributed by atoms with E-state index in [4.69, 9.17) is 10.5 Å². The molecule has 0 aliphatic heterocycles. The molecule has 1 heterocycles. The number of tetrazole rings is 1. The van der Waals surface area contributed by atoms with Crippen molar-refractivity contribution in [1.82, 2.24) is 20.2 Å². The molecule has 1 rings (SSSR count). The average Bonchev–Trinajstić information content (AvgIpc) is 2.47. The van der Waals surface area contributed by atoms with Crippen LogP contribution < -0.4 is 5.73 Å². The number of hydrogen-bond donors (Lipinski definition) is 1. The molecule has 6 nitrogen and oxygen atoms in total. The molecule has 0 fully saturated rings. The fraction of sp³-hybridized carbons (Fsp3) is 0.875. The monoisotopic (exact) mass is 199 g/mol. The minimum absolute atomic E-state index is 0.334. The number of methoxy groups -OCH3 is 1. The Balaban J connectivity index is 2.49. The zero-order valence-electron chi connectivity index (χ0n) is 8.90. The fourth-order valence-corrected chi connectivity index (χ4v) is 1.18. The maximum atomic E-state index is 6.05. The van der Waals surface area contributed by atoms with Gasteiger partial charge in [0.15, 0.2) is 5.82 Å². The highest BCUT2D eigenvalue weighted by atomic mass is 16.5. The summed E-state index contributed by atoms with van der Waals surface area (Å²) in [6.07, 6.45) is 1.39. The third-order valence-corrected chi connectivity index (χ3v) is 1.99. The predicted octanol–water partition coefficient (Wildman–Crippen LogP) is -0.493. The van der Waals surface area contributed by atoms with E-state index in [1.165, 1.54) is 4.80 Å². The molecule has 0 aromatic carbocycles. The predicted molar refractivity (Wildman–Crippen MR) is 51.6 cm³/mol. The van der Waals surface area contributed by atoms with Crippen LogP contribution >= 0.6 is 0 Å². The second kappa shape index (κ2) is 4.47. The molecule has 1 aromatic heterocycles. The lowest BCUT2D eigenvalue weighted by Gasteiger charge is -2.22. The number of rotatable bonds is 5. The van der Waals surface area contributed by atoms with Gasteiger partial charge in [-0.15, -0.1) is 10.2 Å². The smallest absolute Gasteiger partial charge is 0.176 e. The zero-order valence-corrected chi connectivity index (χ0v) is 8.90. The third kappa shape index (κ3) is 3.39. The van der Waals surface area contributed by atoms with Crippen molar-refractivity contribution in [3.63, 3.8) is 0 Å². The standard InChI is InChI=1S/C8H17N5O/c1-8(9,4-5-14-3)6-7-10-12-13(2)11-7/h4-6,9H2,1-3H3. The molecule has 0 aliphatic carbocycles. The van der Waals surface area contributed by atoms with Crippen molar-refractivity contribution in [2.45, 2.75) is 25.3 Å². The third-order valence-electron chi connectivity index (χ3n) is 1.99. The van der Waals surface area contributed by atoms with Crippen LogP contribution in [0.3, 0.4) is 0 Å². The van der Waals surface area contributed by atoms with E-state index >= 15 is 0 Å². The van der Waals surface area contributed by atoms with Gasteiger partial charge in [0.25, 0.3) is 0 Å². The first kappa shape index (κ1) is 11.1. The van der Waals surface area contributed by atoms with E-state index in [9.17, 15) is 0 Å². The lowest BCUT2D eigenvalue weighted by Crippen LogP contribution is -2.40. The summed E-state index contributed by atoms with van der Waals surface area (Å²) in [5, 5.41) is 11.7. The summed E-state index contributed by atoms with van der Waals surface area (Å²) in [7, 11) is 3.40.